The fourth-order valence-electron chi connectivity index (χ4n) is 10.4. The summed E-state index contributed by atoms with van der Waals surface area (Å²) in [6, 6.07) is 13.1. The Morgan fingerprint density at radius 3 is 1.61 bits per heavy atom. The highest BCUT2D eigenvalue weighted by Crippen LogP contribution is 2.45. The van der Waals surface area contributed by atoms with Crippen LogP contribution in [0.4, 0.5) is 0 Å². The lowest BCUT2D eigenvalue weighted by atomic mass is 9.41. The molecule has 11 nitrogen and oxygen atoms in total. The fraction of sp³-hybridized carbons (Fsp3) is 0.170. The summed E-state index contributed by atoms with van der Waals surface area (Å²) in [4.78, 5) is 25.8. The molecule has 5 aliphatic heterocycles. The zero-order valence-electron chi connectivity index (χ0n) is 36.3. The van der Waals surface area contributed by atoms with E-state index in [-0.39, 0.29) is 38.8 Å². The Labute approximate surface area is 380 Å². The number of pyridine rings is 1. The highest BCUT2D eigenvalue weighted by atomic mass is 32.1. The van der Waals surface area contributed by atoms with Crippen LogP contribution < -0.4 is 0 Å². The van der Waals surface area contributed by atoms with Gasteiger partial charge in [-0.1, -0.05) is 112 Å². The molecule has 6 aromatic heterocycles. The molecule has 0 N–H and O–H groups in total. The number of rotatable bonds is 2. The largest absolute Gasteiger partial charge is 0.423 e. The number of hydrogen-bond donors (Lipinski definition) is 0. The summed E-state index contributed by atoms with van der Waals surface area (Å²) in [5.41, 5.74) is 12.8. The zero-order chi connectivity index (χ0) is 43.2. The van der Waals surface area contributed by atoms with Crippen LogP contribution in [0.3, 0.4) is 0 Å². The van der Waals surface area contributed by atoms with Gasteiger partial charge in [-0.2, -0.15) is 4.98 Å². The number of fused-ring (bicyclic) bond motifs is 18. The van der Waals surface area contributed by atoms with Crippen molar-refractivity contribution in [2.24, 2.45) is 0 Å². The van der Waals surface area contributed by atoms with Gasteiger partial charge in [0.05, 0.1) is 20.4 Å². The maximum atomic E-state index is 5.03. The molecular weight excluding hydrogens is 826 g/mol. The SMILES string of the molecule is CC(C)(C)c1ccc2c(sc3nc4cccnc4n32)c1C1=CB2N(C=C1)B1C=CC=CN1B1C=C(c3c(C(C)(C)C)ccc4c3sc3nc5nccnc5n34)C=CN1B1C=CC=CN12. The molecule has 8 aromatic rings. The molecule has 0 bridgehead atoms. The van der Waals surface area contributed by atoms with Gasteiger partial charge in [0, 0.05) is 29.7 Å². The molecule has 0 spiro atoms. The number of nitrogens with zero attached hydrogens (tertiary/aromatic N) is 11. The molecule has 11 heterocycles. The van der Waals surface area contributed by atoms with E-state index in [4.69, 9.17) is 19.9 Å². The van der Waals surface area contributed by atoms with Gasteiger partial charge in [0.25, 0.3) is 0 Å². The van der Waals surface area contributed by atoms with E-state index >= 15 is 0 Å². The topological polar surface area (TPSA) is 86.2 Å². The smallest absolute Gasteiger partial charge is 0.381 e. The molecule has 5 aliphatic rings. The lowest BCUT2D eigenvalue weighted by Gasteiger charge is -2.53. The minimum atomic E-state index is -0.112. The monoisotopic (exact) mass is 867 g/mol. The second-order valence-electron chi connectivity index (χ2n) is 19.2. The van der Waals surface area contributed by atoms with Crippen molar-refractivity contribution >= 4 is 115 Å². The van der Waals surface area contributed by atoms with E-state index < -0.39 is 0 Å². The quantitative estimate of drug-likeness (QED) is 0.158. The molecule has 0 radical (unpaired) electrons. The Kier molecular flexibility index (Phi) is 7.99. The molecule has 0 amide bonds. The highest BCUT2D eigenvalue weighted by molar-refractivity contribution is 7.24. The van der Waals surface area contributed by atoms with E-state index in [1.807, 2.05) is 18.3 Å². The summed E-state index contributed by atoms with van der Waals surface area (Å²) >= 11 is 3.48. The minimum Gasteiger partial charge on any atom is -0.423 e. The van der Waals surface area contributed by atoms with E-state index in [1.54, 1.807) is 35.1 Å². The molecule has 0 unspecified atom stereocenters. The van der Waals surface area contributed by atoms with Gasteiger partial charge in [0.2, 0.25) is 0 Å². The maximum Gasteiger partial charge on any atom is 0.381 e. The second kappa shape index (κ2) is 13.5. The second-order valence-corrected chi connectivity index (χ2v) is 21.1. The summed E-state index contributed by atoms with van der Waals surface area (Å²) in [6.45, 7) is 13.5. The summed E-state index contributed by atoms with van der Waals surface area (Å²) < 4.78 is 16.9. The Morgan fingerprint density at radius 2 is 1.03 bits per heavy atom. The molecule has 17 heteroatoms. The van der Waals surface area contributed by atoms with Crippen LogP contribution in [0.15, 0.2) is 140 Å². The van der Waals surface area contributed by atoms with Crippen molar-refractivity contribution in [3.63, 3.8) is 0 Å². The molecule has 0 atom stereocenters. The Morgan fingerprint density at radius 1 is 0.516 bits per heavy atom. The van der Waals surface area contributed by atoms with Crippen molar-refractivity contribution < 1.29 is 0 Å². The van der Waals surface area contributed by atoms with Gasteiger partial charge >= 0.3 is 27.9 Å². The summed E-state index contributed by atoms with van der Waals surface area (Å²) in [5, 5.41) is 0. The Hall–Kier alpha value is -6.57. The van der Waals surface area contributed by atoms with Gasteiger partial charge < -0.3 is 18.9 Å². The first-order valence-corrected chi connectivity index (χ1v) is 23.5. The molecule has 1 saturated heterocycles. The first-order valence-electron chi connectivity index (χ1n) is 21.9. The van der Waals surface area contributed by atoms with E-state index in [0.29, 0.717) is 5.65 Å². The van der Waals surface area contributed by atoms with Gasteiger partial charge in [0.15, 0.2) is 26.9 Å². The average molecular weight is 867 g/mol. The van der Waals surface area contributed by atoms with E-state index in [9.17, 15) is 0 Å². The first-order chi connectivity index (χ1) is 31.0. The van der Waals surface area contributed by atoms with Crippen molar-refractivity contribution in [2.45, 2.75) is 52.4 Å². The third kappa shape index (κ3) is 5.46. The van der Waals surface area contributed by atoms with Crippen molar-refractivity contribution in [3.05, 3.63) is 162 Å². The standard InChI is InChI=1S/C47H41B4N11S2/c1-46(2,3)32-13-15-35-39(63-44-55-34-12-11-21-53-42(34)61(35)44)37(32)30-17-26-59-49-20-8-10-25-58(49)51-29-31(18-27-60(51)48-19-7-9-24-57(48)50(59)28-30)38-33(47(4,5)6)14-16-36-40(38)64-45-56-41-43(62(36)45)54-23-22-52-41/h7-29H,1-6H3. The first kappa shape index (κ1) is 37.9. The predicted molar refractivity (Wildman–Crippen MR) is 268 cm³/mol. The highest BCUT2D eigenvalue weighted by Gasteiger charge is 2.51. The molecule has 13 rings (SSSR count). The van der Waals surface area contributed by atoms with Crippen LogP contribution in [0.2, 0.25) is 0 Å². The number of allylic oxidation sites excluding steroid dienone is 8. The number of imidazole rings is 2. The van der Waals surface area contributed by atoms with Crippen LogP contribution in [-0.2, 0) is 10.8 Å². The third-order valence-corrected chi connectivity index (χ3v) is 15.4. The van der Waals surface area contributed by atoms with Crippen LogP contribution in [0, 0.1) is 0 Å². The zero-order valence-corrected chi connectivity index (χ0v) is 38.0. The predicted octanol–water partition coefficient (Wildman–Crippen LogP) is 9.52. The molecule has 0 aliphatic carbocycles. The van der Waals surface area contributed by atoms with E-state index in [0.717, 1.165) is 37.8 Å². The van der Waals surface area contributed by atoms with Crippen molar-refractivity contribution in [1.82, 2.24) is 52.6 Å². The molecule has 64 heavy (non-hydrogen) atoms. The van der Waals surface area contributed by atoms with Crippen LogP contribution in [0.5, 0.6) is 0 Å². The number of benzene rings is 2. The van der Waals surface area contributed by atoms with Gasteiger partial charge in [-0.3, -0.25) is 8.80 Å². The Balaban J connectivity index is 0.962. The minimum absolute atomic E-state index is 0.0750. The van der Waals surface area contributed by atoms with Crippen LogP contribution >= 0.6 is 22.7 Å². The van der Waals surface area contributed by atoms with Crippen LogP contribution in [-0.4, -0.2) is 80.5 Å². The summed E-state index contributed by atoms with van der Waals surface area (Å²) in [5.74, 6) is 9.62. The number of aromatic nitrogens is 7. The average Bonchev–Trinajstić information content (AvgIpc) is 4.05. The summed E-state index contributed by atoms with van der Waals surface area (Å²) in [6.07, 6.45) is 27.9. The molecule has 0 saturated carbocycles. The molecule has 1 fully saturated rings. The van der Waals surface area contributed by atoms with E-state index in [1.165, 1.54) is 42.8 Å². The van der Waals surface area contributed by atoms with Crippen LogP contribution in [0.1, 0.15) is 63.8 Å². The molecule has 308 valence electrons. The number of hydrogen-bond acceptors (Lipinski definition) is 11. The lowest BCUT2D eigenvalue weighted by molar-refractivity contribution is 0.589. The van der Waals surface area contributed by atoms with Crippen molar-refractivity contribution in [1.29, 1.82) is 0 Å². The van der Waals surface area contributed by atoms with Crippen molar-refractivity contribution in [3.8, 4) is 0 Å². The van der Waals surface area contributed by atoms with Gasteiger partial charge in [0.1, 0.15) is 5.52 Å². The van der Waals surface area contributed by atoms with Gasteiger partial charge in [-0.25, -0.2) is 19.9 Å². The van der Waals surface area contributed by atoms with Crippen molar-refractivity contribution in [2.75, 3.05) is 0 Å². The Bertz CT molecular complexity index is 3330. The fourth-order valence-corrected chi connectivity index (χ4v) is 12.8. The lowest BCUT2D eigenvalue weighted by Crippen LogP contribution is -2.73. The van der Waals surface area contributed by atoms with Gasteiger partial charge in [-0.05, 0) is 106 Å². The molecular formula is C47H41B4N11S2. The maximum absolute atomic E-state index is 5.03. The summed E-state index contributed by atoms with van der Waals surface area (Å²) in [7, 11) is 0. The third-order valence-electron chi connectivity index (χ3n) is 13.2. The number of thiazole rings is 2. The van der Waals surface area contributed by atoms with Crippen LogP contribution in [0.25, 0.3) is 64.0 Å². The van der Waals surface area contributed by atoms with E-state index in [2.05, 4.69) is 184 Å². The molecule has 2 aromatic carbocycles. The normalized spacial score (nSPS) is 17.4. The van der Waals surface area contributed by atoms with Gasteiger partial charge in [-0.15, -0.1) is 0 Å².